The number of amidine groups is 1. The van der Waals surface area contributed by atoms with Crippen molar-refractivity contribution in [2.75, 3.05) is 6.61 Å². The first kappa shape index (κ1) is 17.1. The van der Waals surface area contributed by atoms with Crippen LogP contribution < -0.4 is 10.1 Å². The maximum absolute atomic E-state index is 12.2. The zero-order chi connectivity index (χ0) is 18.8. The molecule has 1 fully saturated rings. The van der Waals surface area contributed by atoms with Gasteiger partial charge in [0.25, 0.3) is 5.91 Å². The molecule has 7 heteroatoms. The van der Waals surface area contributed by atoms with Gasteiger partial charge in [-0.15, -0.1) is 0 Å². The molecule has 27 heavy (non-hydrogen) atoms. The summed E-state index contributed by atoms with van der Waals surface area (Å²) in [6, 6.07) is 14.1. The maximum atomic E-state index is 12.2. The molecule has 2 aliphatic heterocycles. The molecule has 4 rings (SSSR count). The second kappa shape index (κ2) is 7.13. The highest BCUT2D eigenvalue weighted by Gasteiger charge is 2.25. The first-order valence-corrected chi connectivity index (χ1v) is 8.96. The van der Waals surface area contributed by atoms with E-state index in [1.54, 1.807) is 24.3 Å². The fourth-order valence-corrected chi connectivity index (χ4v) is 3.58. The topological polar surface area (TPSA) is 88.0 Å². The maximum Gasteiger partial charge on any atom is 0.337 e. The van der Waals surface area contributed by atoms with Crippen LogP contribution in [0.25, 0.3) is 6.08 Å². The molecule has 2 aromatic rings. The van der Waals surface area contributed by atoms with Gasteiger partial charge in [-0.3, -0.25) is 4.79 Å². The number of hydrogen-bond donors (Lipinski definition) is 2. The Hall–Kier alpha value is -3.32. The summed E-state index contributed by atoms with van der Waals surface area (Å²) in [4.78, 5) is 28.3. The lowest BCUT2D eigenvalue weighted by Crippen LogP contribution is -2.19. The molecule has 0 atom stereocenters. The van der Waals surface area contributed by atoms with E-state index in [0.29, 0.717) is 22.4 Å². The van der Waals surface area contributed by atoms with Gasteiger partial charge in [0.15, 0.2) is 5.17 Å². The van der Waals surface area contributed by atoms with E-state index in [2.05, 4.69) is 10.3 Å². The summed E-state index contributed by atoms with van der Waals surface area (Å²) in [5.41, 5.74) is 2.21. The second-order valence-corrected chi connectivity index (χ2v) is 6.88. The summed E-state index contributed by atoms with van der Waals surface area (Å²) in [7, 11) is 0. The Labute approximate surface area is 159 Å². The number of carbonyl (C=O) groups excluding carboxylic acids is 1. The molecular formula is C20H14N2O4S. The van der Waals surface area contributed by atoms with Gasteiger partial charge in [0.05, 0.1) is 16.2 Å². The van der Waals surface area contributed by atoms with Crippen LogP contribution in [0.3, 0.4) is 0 Å². The minimum atomic E-state index is -1.07. The molecule has 0 saturated carbocycles. The van der Waals surface area contributed by atoms with Gasteiger partial charge in [-0.2, -0.15) is 0 Å². The van der Waals surface area contributed by atoms with Gasteiger partial charge < -0.3 is 15.2 Å². The van der Waals surface area contributed by atoms with Gasteiger partial charge in [-0.25, -0.2) is 9.79 Å². The van der Waals surface area contributed by atoms with Crippen LogP contribution in [0.4, 0.5) is 5.69 Å². The van der Waals surface area contributed by atoms with Crippen LogP contribution in [0, 0.1) is 0 Å². The third kappa shape index (κ3) is 3.63. The van der Waals surface area contributed by atoms with Crippen molar-refractivity contribution in [2.45, 2.75) is 0 Å². The molecule has 2 heterocycles. The summed E-state index contributed by atoms with van der Waals surface area (Å²) in [6.07, 6.45) is 3.75. The Morgan fingerprint density at radius 3 is 2.81 bits per heavy atom. The van der Waals surface area contributed by atoms with Gasteiger partial charge in [-0.05, 0) is 47.7 Å². The van der Waals surface area contributed by atoms with E-state index in [-0.39, 0.29) is 11.5 Å². The lowest BCUT2D eigenvalue weighted by Gasteiger charge is -2.15. The fourth-order valence-electron chi connectivity index (χ4n) is 2.73. The van der Waals surface area contributed by atoms with Crippen molar-refractivity contribution in [3.63, 3.8) is 0 Å². The molecule has 2 aromatic carbocycles. The summed E-state index contributed by atoms with van der Waals surface area (Å²) >= 11 is 1.17. The minimum Gasteiger partial charge on any atom is -0.488 e. The van der Waals surface area contributed by atoms with Gasteiger partial charge in [-0.1, -0.05) is 30.3 Å². The predicted molar refractivity (Wildman–Crippen MR) is 104 cm³/mol. The number of benzene rings is 2. The van der Waals surface area contributed by atoms with Crippen LogP contribution in [-0.2, 0) is 4.79 Å². The van der Waals surface area contributed by atoms with E-state index in [1.807, 2.05) is 30.3 Å². The van der Waals surface area contributed by atoms with Crippen LogP contribution in [-0.4, -0.2) is 28.8 Å². The third-order valence-corrected chi connectivity index (χ3v) is 4.89. The van der Waals surface area contributed by atoms with E-state index in [0.717, 1.165) is 16.9 Å². The number of nitrogens with one attached hydrogen (secondary N) is 1. The van der Waals surface area contributed by atoms with E-state index >= 15 is 0 Å². The number of hydrogen-bond acceptors (Lipinski definition) is 5. The van der Waals surface area contributed by atoms with Crippen molar-refractivity contribution < 1.29 is 19.4 Å². The van der Waals surface area contributed by atoms with Gasteiger partial charge in [0, 0.05) is 5.56 Å². The number of fused-ring (bicyclic) bond motifs is 1. The number of carbonyl (C=O) groups is 2. The molecule has 0 aromatic heterocycles. The number of carboxylic acids is 1. The molecule has 6 nitrogen and oxygen atoms in total. The van der Waals surface area contributed by atoms with Gasteiger partial charge >= 0.3 is 5.97 Å². The van der Waals surface area contributed by atoms with Crippen molar-refractivity contribution in [3.05, 3.63) is 76.2 Å². The number of amides is 1. The number of aromatic carboxylic acids is 1. The number of para-hydroxylation sites is 2. The molecule has 0 unspecified atom stereocenters. The molecule has 2 N–H and O–H groups in total. The summed E-state index contributed by atoms with van der Waals surface area (Å²) in [5, 5.41) is 12.3. The molecule has 1 amide bonds. The largest absolute Gasteiger partial charge is 0.488 e. The number of carboxylic acid groups (broad SMARTS) is 1. The summed E-state index contributed by atoms with van der Waals surface area (Å²) < 4.78 is 5.70. The quantitative estimate of drug-likeness (QED) is 0.797. The van der Waals surface area contributed by atoms with Gasteiger partial charge in [0.1, 0.15) is 12.4 Å². The Balaban J connectivity index is 1.59. The number of ether oxygens (including phenoxy) is 1. The minimum absolute atomic E-state index is 0.0808. The lowest BCUT2D eigenvalue weighted by atomic mass is 10.1. The lowest BCUT2D eigenvalue weighted by molar-refractivity contribution is -0.115. The van der Waals surface area contributed by atoms with Crippen molar-refractivity contribution in [3.8, 4) is 5.75 Å². The summed E-state index contributed by atoms with van der Waals surface area (Å²) in [6.45, 7) is 0.378. The molecule has 0 spiro atoms. The van der Waals surface area contributed by atoms with Gasteiger partial charge in [0.2, 0.25) is 0 Å². The number of thioether (sulfide) groups is 1. The number of aliphatic imine (C=N–C) groups is 1. The van der Waals surface area contributed by atoms with Crippen LogP contribution >= 0.6 is 11.8 Å². The predicted octanol–water partition coefficient (Wildman–Crippen LogP) is 3.60. The smallest absolute Gasteiger partial charge is 0.337 e. The van der Waals surface area contributed by atoms with Crippen molar-refractivity contribution in [1.29, 1.82) is 0 Å². The average molecular weight is 378 g/mol. The van der Waals surface area contributed by atoms with Crippen LogP contribution in [0.15, 0.2) is 70.1 Å². The average Bonchev–Trinajstić information content (AvgIpc) is 3.01. The monoisotopic (exact) mass is 378 g/mol. The van der Waals surface area contributed by atoms with Crippen LogP contribution in [0.5, 0.6) is 5.75 Å². The molecule has 0 aliphatic carbocycles. The number of rotatable bonds is 3. The molecule has 0 bridgehead atoms. The normalized spacial score (nSPS) is 18.7. The summed E-state index contributed by atoms with van der Waals surface area (Å²) in [5.74, 6) is -0.523. The van der Waals surface area contributed by atoms with E-state index in [9.17, 15) is 14.7 Å². The highest BCUT2D eigenvalue weighted by molar-refractivity contribution is 8.18. The molecule has 2 aliphatic rings. The zero-order valence-corrected chi connectivity index (χ0v) is 14.8. The Kier molecular flexibility index (Phi) is 4.52. The van der Waals surface area contributed by atoms with E-state index in [1.165, 1.54) is 17.8 Å². The van der Waals surface area contributed by atoms with Crippen molar-refractivity contribution >= 4 is 40.6 Å². The first-order valence-electron chi connectivity index (χ1n) is 8.14. The molecule has 134 valence electrons. The zero-order valence-electron chi connectivity index (χ0n) is 14.0. The highest BCUT2D eigenvalue weighted by atomic mass is 32.2. The molecule has 0 radical (unpaired) electrons. The Bertz CT molecular complexity index is 1040. The highest BCUT2D eigenvalue weighted by Crippen LogP contribution is 2.31. The third-order valence-electron chi connectivity index (χ3n) is 3.98. The number of nitrogens with zero attached hydrogens (tertiary/aromatic N) is 1. The van der Waals surface area contributed by atoms with Crippen LogP contribution in [0.1, 0.15) is 15.9 Å². The SMILES string of the molecule is O=C1NC(=Nc2ccccc2C(=O)O)S/C1=C\C1=Cc2ccccc2OC1. The standard InChI is InChI=1S/C20H14N2O4S/c23-18-17(10-12-9-13-5-1-4-8-16(13)26-11-12)27-20(22-18)21-15-7-3-2-6-14(15)19(24)25/h1-10H,11H2,(H,24,25)(H,21,22,23)/b17-10-. The van der Waals surface area contributed by atoms with Crippen molar-refractivity contribution in [2.24, 2.45) is 4.99 Å². The second-order valence-electron chi connectivity index (χ2n) is 5.85. The van der Waals surface area contributed by atoms with E-state index in [4.69, 9.17) is 4.74 Å². The van der Waals surface area contributed by atoms with E-state index < -0.39 is 5.97 Å². The first-order chi connectivity index (χ1) is 13.1. The fraction of sp³-hybridized carbons (Fsp3) is 0.0500. The Morgan fingerprint density at radius 2 is 1.96 bits per heavy atom. The van der Waals surface area contributed by atoms with Crippen molar-refractivity contribution in [1.82, 2.24) is 5.32 Å². The molecular weight excluding hydrogens is 364 g/mol. The Morgan fingerprint density at radius 1 is 1.19 bits per heavy atom. The molecule has 1 saturated heterocycles. The van der Waals surface area contributed by atoms with Crippen LogP contribution in [0.2, 0.25) is 0 Å².